The first kappa shape index (κ1) is 6.67. The molecule has 0 saturated carbocycles. The van der Waals surface area contributed by atoms with Crippen molar-refractivity contribution in [2.24, 2.45) is 7.05 Å². The summed E-state index contributed by atoms with van der Waals surface area (Å²) in [6.07, 6.45) is 4.01. The average molecular weight is 168 g/mol. The van der Waals surface area contributed by atoms with Crippen LogP contribution < -0.4 is 10.1 Å². The molecule has 0 amide bonds. The smallest absolute Gasteiger partial charge is 0.347 e. The number of thiazole rings is 1. The predicted molar refractivity (Wildman–Crippen MR) is 45.6 cm³/mol. The van der Waals surface area contributed by atoms with Crippen molar-refractivity contribution in [3.05, 3.63) is 17.3 Å². The molecule has 58 valence electrons. The van der Waals surface area contributed by atoms with E-state index in [-0.39, 0.29) is 0 Å². The molecule has 0 aliphatic rings. The molecule has 2 aromatic heterocycles. The third-order valence-electron chi connectivity index (χ3n) is 1.74. The normalized spacial score (nSPS) is 11.1. The lowest BCUT2D eigenvalue weighted by Gasteiger charge is -1.82. The fourth-order valence-corrected chi connectivity index (χ4v) is 2.06. The van der Waals surface area contributed by atoms with Gasteiger partial charge in [-0.15, -0.1) is 0 Å². The van der Waals surface area contributed by atoms with Gasteiger partial charge in [-0.25, -0.2) is 4.57 Å². The van der Waals surface area contributed by atoms with E-state index in [1.807, 2.05) is 17.8 Å². The molecular formula is C7H10N3S+. The van der Waals surface area contributed by atoms with Gasteiger partial charge in [0.1, 0.15) is 6.20 Å². The van der Waals surface area contributed by atoms with Crippen LogP contribution in [0, 0.1) is 6.92 Å². The standard InChI is InChI=1S/C7H10N3S/c1-5-3-10-4-6(8)9(2)7(10)11-5/h3-4H,8H2,1-2H3/q+1. The van der Waals surface area contributed by atoms with Gasteiger partial charge in [0.2, 0.25) is 5.82 Å². The van der Waals surface area contributed by atoms with E-state index in [1.165, 1.54) is 9.84 Å². The van der Waals surface area contributed by atoms with Crippen molar-refractivity contribution >= 4 is 22.1 Å². The van der Waals surface area contributed by atoms with Gasteiger partial charge in [-0.2, -0.15) is 4.40 Å². The highest BCUT2D eigenvalue weighted by Crippen LogP contribution is 2.14. The van der Waals surface area contributed by atoms with Gasteiger partial charge >= 0.3 is 4.96 Å². The molecule has 0 radical (unpaired) electrons. The van der Waals surface area contributed by atoms with Crippen LogP contribution in [0.5, 0.6) is 0 Å². The van der Waals surface area contributed by atoms with Crippen molar-refractivity contribution in [1.82, 2.24) is 4.57 Å². The summed E-state index contributed by atoms with van der Waals surface area (Å²) in [4.78, 5) is 2.48. The van der Waals surface area contributed by atoms with Gasteiger partial charge in [-0.05, 0) is 6.92 Å². The summed E-state index contributed by atoms with van der Waals surface area (Å²) in [7, 11) is 1.97. The molecule has 0 aliphatic carbocycles. The molecule has 2 heterocycles. The molecule has 0 fully saturated rings. The largest absolute Gasteiger partial charge is 0.363 e. The Bertz CT molecular complexity index is 399. The number of hydrogen-bond acceptors (Lipinski definition) is 2. The van der Waals surface area contributed by atoms with Crippen molar-refractivity contribution in [1.29, 1.82) is 0 Å². The van der Waals surface area contributed by atoms with Crippen molar-refractivity contribution in [2.75, 3.05) is 5.73 Å². The fraction of sp³-hybridized carbons (Fsp3) is 0.286. The van der Waals surface area contributed by atoms with Crippen LogP contribution >= 0.6 is 11.3 Å². The molecule has 0 aromatic carbocycles. The number of nitrogens with two attached hydrogens (primary N) is 1. The molecule has 0 bridgehead atoms. The van der Waals surface area contributed by atoms with Gasteiger partial charge in [0.25, 0.3) is 0 Å². The van der Waals surface area contributed by atoms with Crippen LogP contribution in [-0.4, -0.2) is 4.57 Å². The van der Waals surface area contributed by atoms with E-state index in [4.69, 9.17) is 5.73 Å². The summed E-state index contributed by atoms with van der Waals surface area (Å²) in [5.41, 5.74) is 5.70. The Hall–Kier alpha value is -1.03. The number of fused-ring (bicyclic) bond motifs is 1. The summed E-state index contributed by atoms with van der Waals surface area (Å²) in [6.45, 7) is 2.09. The van der Waals surface area contributed by atoms with Crippen LogP contribution in [0.25, 0.3) is 4.96 Å². The van der Waals surface area contributed by atoms with E-state index >= 15 is 0 Å². The molecule has 3 nitrogen and oxygen atoms in total. The molecule has 11 heavy (non-hydrogen) atoms. The van der Waals surface area contributed by atoms with Crippen LogP contribution in [0.3, 0.4) is 0 Å². The summed E-state index contributed by atoms with van der Waals surface area (Å²) in [5, 5.41) is 0. The number of nitrogens with zero attached hydrogens (tertiary/aromatic N) is 2. The second-order valence-electron chi connectivity index (χ2n) is 2.64. The second kappa shape index (κ2) is 1.98. The van der Waals surface area contributed by atoms with Gasteiger partial charge in [-0.1, -0.05) is 11.3 Å². The van der Waals surface area contributed by atoms with E-state index in [1.54, 1.807) is 11.3 Å². The SMILES string of the molecule is Cc1c[n+]2cc(N)n(C)c2s1. The van der Waals surface area contributed by atoms with Crippen molar-refractivity contribution in [3.63, 3.8) is 0 Å². The first-order valence-electron chi connectivity index (χ1n) is 3.41. The Morgan fingerprint density at radius 3 is 2.91 bits per heavy atom. The number of anilines is 1. The summed E-state index contributed by atoms with van der Waals surface area (Å²) in [5.74, 6) is 0.802. The van der Waals surface area contributed by atoms with E-state index in [0.29, 0.717) is 0 Å². The van der Waals surface area contributed by atoms with Gasteiger partial charge < -0.3 is 5.73 Å². The van der Waals surface area contributed by atoms with E-state index in [2.05, 4.69) is 17.5 Å². The van der Waals surface area contributed by atoms with Crippen LogP contribution in [0.4, 0.5) is 5.82 Å². The lowest BCUT2D eigenvalue weighted by molar-refractivity contribution is -0.505. The molecule has 0 unspecified atom stereocenters. The molecule has 0 aliphatic heterocycles. The highest BCUT2D eigenvalue weighted by atomic mass is 32.1. The monoisotopic (exact) mass is 168 g/mol. The highest BCUT2D eigenvalue weighted by Gasteiger charge is 2.13. The van der Waals surface area contributed by atoms with E-state index < -0.39 is 0 Å². The second-order valence-corrected chi connectivity index (χ2v) is 3.86. The third kappa shape index (κ3) is 0.826. The van der Waals surface area contributed by atoms with Crippen molar-refractivity contribution in [3.8, 4) is 0 Å². The topological polar surface area (TPSA) is 35.0 Å². The molecule has 0 atom stereocenters. The summed E-state index contributed by atoms with van der Waals surface area (Å²) < 4.78 is 4.03. The zero-order valence-electron chi connectivity index (χ0n) is 6.53. The third-order valence-corrected chi connectivity index (χ3v) is 2.83. The maximum absolute atomic E-state index is 5.70. The fourth-order valence-electron chi connectivity index (χ4n) is 1.15. The zero-order chi connectivity index (χ0) is 8.01. The Morgan fingerprint density at radius 2 is 2.27 bits per heavy atom. The highest BCUT2D eigenvalue weighted by molar-refractivity contribution is 7.16. The van der Waals surface area contributed by atoms with Crippen LogP contribution in [0.1, 0.15) is 4.88 Å². The minimum Gasteiger partial charge on any atom is -0.363 e. The molecular weight excluding hydrogens is 158 g/mol. The first-order chi connectivity index (χ1) is 5.18. The van der Waals surface area contributed by atoms with Gasteiger partial charge in [-0.3, -0.25) is 0 Å². The van der Waals surface area contributed by atoms with E-state index in [9.17, 15) is 0 Å². The van der Waals surface area contributed by atoms with Gasteiger partial charge in [0, 0.05) is 4.88 Å². The minimum absolute atomic E-state index is 0.802. The molecule has 4 heteroatoms. The van der Waals surface area contributed by atoms with Crippen LogP contribution in [0.15, 0.2) is 12.4 Å². The van der Waals surface area contributed by atoms with E-state index in [0.717, 1.165) is 5.82 Å². The molecule has 2 aromatic rings. The predicted octanol–water partition coefficient (Wildman–Crippen LogP) is 0.716. The number of aromatic nitrogens is 2. The first-order valence-corrected chi connectivity index (χ1v) is 4.23. The lowest BCUT2D eigenvalue weighted by Crippen LogP contribution is -2.13. The van der Waals surface area contributed by atoms with Crippen molar-refractivity contribution in [2.45, 2.75) is 6.92 Å². The average Bonchev–Trinajstić information content (AvgIpc) is 2.37. The van der Waals surface area contributed by atoms with Gasteiger partial charge in [0.15, 0.2) is 6.20 Å². The maximum atomic E-state index is 5.70. The van der Waals surface area contributed by atoms with Crippen molar-refractivity contribution < 1.29 is 4.40 Å². The Labute approximate surface area is 68.7 Å². The summed E-state index contributed by atoms with van der Waals surface area (Å²) >= 11 is 1.75. The van der Waals surface area contributed by atoms with Crippen LogP contribution in [-0.2, 0) is 7.05 Å². The quantitative estimate of drug-likeness (QED) is 0.578. The number of imidazole rings is 1. The lowest BCUT2D eigenvalue weighted by atomic mass is 10.6. The van der Waals surface area contributed by atoms with Crippen LogP contribution in [0.2, 0.25) is 0 Å². The molecule has 2 rings (SSSR count). The summed E-state index contributed by atoms with van der Waals surface area (Å²) in [6, 6.07) is 0. The number of rotatable bonds is 0. The molecule has 0 saturated heterocycles. The van der Waals surface area contributed by atoms with Gasteiger partial charge in [0.05, 0.1) is 7.05 Å². The molecule has 0 spiro atoms. The Morgan fingerprint density at radius 1 is 1.55 bits per heavy atom. The number of aryl methyl sites for hydroxylation is 2. The maximum Gasteiger partial charge on any atom is 0.347 e. The Balaban J connectivity index is 2.88. The number of nitrogen functional groups attached to an aromatic ring is 1. The Kier molecular flexibility index (Phi) is 1.20. The zero-order valence-corrected chi connectivity index (χ0v) is 7.35. The number of hydrogen-bond donors (Lipinski definition) is 1. The molecule has 2 N–H and O–H groups in total. The minimum atomic E-state index is 0.802.